The highest BCUT2D eigenvalue weighted by Crippen LogP contribution is 2.22. The minimum Gasteiger partial charge on any atom is -0.347 e. The average molecular weight is 289 g/mol. The molecule has 21 heavy (non-hydrogen) atoms. The number of carbonyl (C=O) groups excluding carboxylic acids is 2. The molecule has 0 bridgehead atoms. The molecule has 2 rings (SSSR count). The molecular weight excluding hydrogens is 266 g/mol. The molecule has 0 spiro atoms. The first kappa shape index (κ1) is 15.5. The molecule has 0 saturated carbocycles. The van der Waals surface area contributed by atoms with Gasteiger partial charge in [-0.2, -0.15) is 0 Å². The zero-order chi connectivity index (χ0) is 15.4. The van der Waals surface area contributed by atoms with E-state index in [2.05, 4.69) is 0 Å². The number of nitrogens with zero attached hydrogens (tertiary/aromatic N) is 2. The van der Waals surface area contributed by atoms with Gasteiger partial charge < -0.3 is 15.5 Å². The average Bonchev–Trinajstić information content (AvgIpc) is 2.95. The van der Waals surface area contributed by atoms with Crippen molar-refractivity contribution in [3.05, 3.63) is 35.4 Å². The zero-order valence-electron chi connectivity index (χ0n) is 12.7. The Morgan fingerprint density at radius 2 is 2.14 bits per heavy atom. The first-order valence-corrected chi connectivity index (χ1v) is 7.35. The molecule has 1 saturated heterocycles. The van der Waals surface area contributed by atoms with Crippen molar-refractivity contribution in [1.29, 1.82) is 0 Å². The molecule has 2 amide bonds. The lowest BCUT2D eigenvalue weighted by molar-refractivity contribution is -0.132. The lowest BCUT2D eigenvalue weighted by atomic mass is 10.1. The van der Waals surface area contributed by atoms with Gasteiger partial charge in [0.25, 0.3) is 5.91 Å². The van der Waals surface area contributed by atoms with E-state index in [1.165, 1.54) is 0 Å². The second-order valence-corrected chi connectivity index (χ2v) is 5.63. The third-order valence-electron chi connectivity index (χ3n) is 3.85. The molecule has 5 nitrogen and oxygen atoms in total. The summed E-state index contributed by atoms with van der Waals surface area (Å²) in [5, 5.41) is 0. The van der Waals surface area contributed by atoms with Crippen molar-refractivity contribution in [2.45, 2.75) is 25.3 Å². The van der Waals surface area contributed by atoms with Gasteiger partial charge in [0.2, 0.25) is 5.91 Å². The van der Waals surface area contributed by atoms with Gasteiger partial charge in [-0.3, -0.25) is 9.59 Å². The monoisotopic (exact) mass is 289 g/mol. The fourth-order valence-electron chi connectivity index (χ4n) is 2.76. The van der Waals surface area contributed by atoms with Crippen molar-refractivity contribution in [2.24, 2.45) is 5.73 Å². The Hall–Kier alpha value is -1.88. The van der Waals surface area contributed by atoms with E-state index >= 15 is 0 Å². The summed E-state index contributed by atoms with van der Waals surface area (Å²) in [5.41, 5.74) is 7.25. The Morgan fingerprint density at radius 1 is 1.38 bits per heavy atom. The van der Waals surface area contributed by atoms with Crippen LogP contribution in [0.1, 0.15) is 28.8 Å². The molecule has 1 aromatic rings. The Balaban J connectivity index is 2.18. The summed E-state index contributed by atoms with van der Waals surface area (Å²) in [4.78, 5) is 28.1. The van der Waals surface area contributed by atoms with E-state index in [4.69, 9.17) is 5.73 Å². The van der Waals surface area contributed by atoms with Crippen molar-refractivity contribution in [3.63, 3.8) is 0 Å². The van der Waals surface area contributed by atoms with Gasteiger partial charge in [0, 0.05) is 26.2 Å². The van der Waals surface area contributed by atoms with Crippen molar-refractivity contribution in [3.8, 4) is 0 Å². The molecular formula is C16H23N3O2. The van der Waals surface area contributed by atoms with Gasteiger partial charge in [-0.15, -0.1) is 0 Å². The predicted molar refractivity (Wildman–Crippen MR) is 82.0 cm³/mol. The fourth-order valence-corrected chi connectivity index (χ4v) is 2.76. The van der Waals surface area contributed by atoms with Gasteiger partial charge in [0.15, 0.2) is 0 Å². The molecule has 1 fully saturated rings. The fraction of sp³-hybridized carbons (Fsp3) is 0.500. The van der Waals surface area contributed by atoms with Crippen LogP contribution in [0.25, 0.3) is 0 Å². The number of hydrogen-bond acceptors (Lipinski definition) is 3. The highest BCUT2D eigenvalue weighted by molar-refractivity contribution is 5.98. The van der Waals surface area contributed by atoms with Crippen LogP contribution in [-0.2, 0) is 11.2 Å². The van der Waals surface area contributed by atoms with Crippen LogP contribution in [0.2, 0.25) is 0 Å². The van der Waals surface area contributed by atoms with Crippen molar-refractivity contribution in [2.75, 3.05) is 27.2 Å². The standard InChI is InChI=1S/C16H23N3O2/c1-18(2)16(21)14-7-4-10-19(14)15(20)13-6-3-5-12(11-13)8-9-17/h3,5-6,11,14H,4,7-10,17H2,1-2H3. The molecule has 114 valence electrons. The number of likely N-dealkylation sites (N-methyl/N-ethyl adjacent to an activating group) is 1. The molecule has 1 heterocycles. The molecule has 0 aliphatic carbocycles. The van der Waals surface area contributed by atoms with Crippen LogP contribution >= 0.6 is 0 Å². The van der Waals surface area contributed by atoms with E-state index in [9.17, 15) is 9.59 Å². The summed E-state index contributed by atoms with van der Waals surface area (Å²) in [7, 11) is 3.45. The van der Waals surface area contributed by atoms with Gasteiger partial charge in [-0.05, 0) is 43.5 Å². The lowest BCUT2D eigenvalue weighted by Gasteiger charge is -2.26. The van der Waals surface area contributed by atoms with Crippen LogP contribution < -0.4 is 5.73 Å². The number of benzene rings is 1. The molecule has 1 aliphatic heterocycles. The molecule has 2 N–H and O–H groups in total. The summed E-state index contributed by atoms with van der Waals surface area (Å²) >= 11 is 0. The van der Waals surface area contributed by atoms with Crippen molar-refractivity contribution in [1.82, 2.24) is 9.80 Å². The first-order valence-electron chi connectivity index (χ1n) is 7.35. The third kappa shape index (κ3) is 3.42. The van der Waals surface area contributed by atoms with Crippen molar-refractivity contribution < 1.29 is 9.59 Å². The quantitative estimate of drug-likeness (QED) is 0.895. The topological polar surface area (TPSA) is 66.6 Å². The van der Waals surface area contributed by atoms with E-state index in [1.807, 2.05) is 18.2 Å². The van der Waals surface area contributed by atoms with Gasteiger partial charge in [0.05, 0.1) is 0 Å². The highest BCUT2D eigenvalue weighted by Gasteiger charge is 2.35. The second kappa shape index (κ2) is 6.72. The summed E-state index contributed by atoms with van der Waals surface area (Å²) in [6.45, 7) is 1.20. The summed E-state index contributed by atoms with van der Waals surface area (Å²) in [6, 6.07) is 7.20. The zero-order valence-corrected chi connectivity index (χ0v) is 12.7. The first-order chi connectivity index (χ1) is 10.0. The van der Waals surface area contributed by atoms with Crippen LogP contribution in [0, 0.1) is 0 Å². The van der Waals surface area contributed by atoms with Gasteiger partial charge in [-0.25, -0.2) is 0 Å². The number of hydrogen-bond donors (Lipinski definition) is 1. The Morgan fingerprint density at radius 3 is 2.81 bits per heavy atom. The SMILES string of the molecule is CN(C)C(=O)C1CCCN1C(=O)c1cccc(CCN)c1. The van der Waals surface area contributed by atoms with Crippen LogP contribution in [0.4, 0.5) is 0 Å². The smallest absolute Gasteiger partial charge is 0.254 e. The molecule has 1 atom stereocenters. The Labute approximate surface area is 125 Å². The number of carbonyl (C=O) groups is 2. The molecule has 1 aromatic carbocycles. The van der Waals surface area contributed by atoms with E-state index < -0.39 is 0 Å². The van der Waals surface area contributed by atoms with Crippen LogP contribution in [0.5, 0.6) is 0 Å². The number of likely N-dealkylation sites (tertiary alicyclic amines) is 1. The van der Waals surface area contributed by atoms with Crippen LogP contribution in [0.3, 0.4) is 0 Å². The maximum absolute atomic E-state index is 12.7. The van der Waals surface area contributed by atoms with Crippen LogP contribution in [0.15, 0.2) is 24.3 Å². The summed E-state index contributed by atoms with van der Waals surface area (Å²) < 4.78 is 0. The third-order valence-corrected chi connectivity index (χ3v) is 3.85. The molecule has 1 unspecified atom stereocenters. The van der Waals surface area contributed by atoms with E-state index in [0.717, 1.165) is 24.8 Å². The van der Waals surface area contributed by atoms with Crippen molar-refractivity contribution >= 4 is 11.8 Å². The number of amides is 2. The van der Waals surface area contributed by atoms with E-state index in [1.54, 1.807) is 30.0 Å². The van der Waals surface area contributed by atoms with Crippen LogP contribution in [-0.4, -0.2) is 54.8 Å². The highest BCUT2D eigenvalue weighted by atomic mass is 16.2. The maximum Gasteiger partial charge on any atom is 0.254 e. The number of rotatable bonds is 4. The largest absolute Gasteiger partial charge is 0.347 e. The molecule has 5 heteroatoms. The number of nitrogens with two attached hydrogens (primary N) is 1. The van der Waals surface area contributed by atoms with Gasteiger partial charge in [0.1, 0.15) is 6.04 Å². The van der Waals surface area contributed by atoms with E-state index in [-0.39, 0.29) is 17.9 Å². The molecule has 0 radical (unpaired) electrons. The lowest BCUT2D eigenvalue weighted by Crippen LogP contribution is -2.45. The second-order valence-electron chi connectivity index (χ2n) is 5.63. The Bertz CT molecular complexity index is 528. The van der Waals surface area contributed by atoms with Gasteiger partial charge >= 0.3 is 0 Å². The minimum atomic E-state index is -0.328. The minimum absolute atomic E-state index is 0.000960. The molecule has 0 aromatic heterocycles. The predicted octanol–water partition coefficient (Wildman–Crippen LogP) is 0.881. The van der Waals surface area contributed by atoms with E-state index in [0.29, 0.717) is 18.7 Å². The normalized spacial score (nSPS) is 17.9. The summed E-state index contributed by atoms with van der Waals surface area (Å²) in [5.74, 6) is -0.0643. The Kier molecular flexibility index (Phi) is 4.96. The summed E-state index contributed by atoms with van der Waals surface area (Å²) in [6.07, 6.45) is 2.37. The van der Waals surface area contributed by atoms with Gasteiger partial charge in [-0.1, -0.05) is 12.1 Å². The molecule has 1 aliphatic rings. The maximum atomic E-state index is 12.7.